The lowest BCUT2D eigenvalue weighted by Crippen LogP contribution is -2.67. The molecule has 1 atom stereocenters. The van der Waals surface area contributed by atoms with E-state index in [1.165, 1.54) is 59.2 Å². The maximum atomic E-state index is 12.2. The predicted octanol–water partition coefficient (Wildman–Crippen LogP) is 8.51. The molecule has 0 aliphatic heterocycles. The zero-order chi connectivity index (χ0) is 34.1. The summed E-state index contributed by atoms with van der Waals surface area (Å²) >= 11 is 0. The molecule has 47 heavy (non-hydrogen) atoms. The Morgan fingerprint density at radius 2 is 1.21 bits per heavy atom. The van der Waals surface area contributed by atoms with Crippen LogP contribution in [0.15, 0.2) is 72.8 Å². The van der Waals surface area contributed by atoms with E-state index in [1.807, 2.05) is 12.1 Å². The van der Waals surface area contributed by atoms with Gasteiger partial charge in [0.05, 0.1) is 19.3 Å². The van der Waals surface area contributed by atoms with Crippen molar-refractivity contribution in [1.82, 2.24) is 0 Å². The van der Waals surface area contributed by atoms with Crippen LogP contribution in [-0.4, -0.2) is 45.3 Å². The van der Waals surface area contributed by atoms with Crippen LogP contribution in [0.25, 0.3) is 0 Å². The average molecular weight is 661 g/mol. The molecule has 0 aromatic heterocycles. The van der Waals surface area contributed by atoms with Crippen LogP contribution in [0, 0.1) is 20.8 Å². The molecule has 3 aromatic carbocycles. The maximum absolute atomic E-state index is 12.2. The largest absolute Gasteiger partial charge is 0.461 e. The van der Waals surface area contributed by atoms with Crippen LogP contribution in [0.2, 0.25) is 5.04 Å². The molecule has 0 spiro atoms. The highest BCUT2D eigenvalue weighted by atomic mass is 28.4. The fourth-order valence-electron chi connectivity index (χ4n) is 6.62. The van der Waals surface area contributed by atoms with Crippen molar-refractivity contribution in [2.24, 2.45) is 0 Å². The summed E-state index contributed by atoms with van der Waals surface area (Å²) in [4.78, 5) is 12.2. The van der Waals surface area contributed by atoms with E-state index in [0.29, 0.717) is 19.6 Å². The van der Waals surface area contributed by atoms with Crippen LogP contribution in [-0.2, 0) is 25.3 Å². The van der Waals surface area contributed by atoms with E-state index >= 15 is 0 Å². The van der Waals surface area contributed by atoms with Gasteiger partial charge in [-0.1, -0.05) is 144 Å². The number of carbonyl (C=O) groups excluding carboxylic acids is 1. The molecular weight excluding hydrogens is 601 g/mol. The minimum Gasteiger partial charge on any atom is -0.461 e. The number of benzene rings is 3. The smallest absolute Gasteiger partial charge is 0.306 e. The first kappa shape index (κ1) is 38.7. The predicted molar refractivity (Wildman–Crippen MR) is 197 cm³/mol. The van der Waals surface area contributed by atoms with Crippen molar-refractivity contribution >= 4 is 24.7 Å². The maximum Gasteiger partial charge on any atom is 0.306 e. The van der Waals surface area contributed by atoms with E-state index in [0.717, 1.165) is 31.2 Å². The second kappa shape index (κ2) is 19.9. The fourth-order valence-corrected chi connectivity index (χ4v) is 11.2. The molecule has 0 radical (unpaired) electrons. The van der Waals surface area contributed by atoms with Gasteiger partial charge in [-0.05, 0) is 65.7 Å². The number of ether oxygens (including phenoxy) is 2. The summed E-state index contributed by atoms with van der Waals surface area (Å²) in [6.07, 6.45) is 10.0. The van der Waals surface area contributed by atoms with Crippen LogP contribution in [0.4, 0.5) is 0 Å². The summed E-state index contributed by atoms with van der Waals surface area (Å²) in [7, 11) is -2.66. The van der Waals surface area contributed by atoms with E-state index in [1.54, 1.807) is 0 Å². The first-order valence-corrected chi connectivity index (χ1v) is 19.7. The van der Waals surface area contributed by atoms with Gasteiger partial charge < -0.3 is 19.0 Å². The third-order valence-electron chi connectivity index (χ3n) is 9.11. The molecule has 0 saturated carbocycles. The summed E-state index contributed by atoms with van der Waals surface area (Å²) in [5.74, 6) is -0.0918. The molecular formula is C41H60O5Si. The molecule has 0 aliphatic rings. The van der Waals surface area contributed by atoms with Gasteiger partial charge in [0.15, 0.2) is 0 Å². The van der Waals surface area contributed by atoms with Gasteiger partial charge in [0, 0.05) is 13.0 Å². The lowest BCUT2D eigenvalue weighted by Gasteiger charge is -2.43. The van der Waals surface area contributed by atoms with Gasteiger partial charge in [0.25, 0.3) is 8.32 Å². The zero-order valence-corrected chi connectivity index (χ0v) is 31.0. The van der Waals surface area contributed by atoms with Crippen molar-refractivity contribution in [3.63, 3.8) is 0 Å². The molecule has 0 unspecified atom stereocenters. The van der Waals surface area contributed by atoms with Crippen LogP contribution in [0.5, 0.6) is 0 Å². The molecule has 0 fully saturated rings. The quantitative estimate of drug-likeness (QED) is 0.0705. The van der Waals surface area contributed by atoms with Gasteiger partial charge in [0.2, 0.25) is 0 Å². The van der Waals surface area contributed by atoms with E-state index < -0.39 is 14.4 Å². The first-order valence-electron chi connectivity index (χ1n) is 17.8. The van der Waals surface area contributed by atoms with Crippen LogP contribution < -0.4 is 10.4 Å². The Labute approximate surface area is 286 Å². The van der Waals surface area contributed by atoms with Gasteiger partial charge in [-0.15, -0.1) is 0 Å². The number of hydrogen-bond acceptors (Lipinski definition) is 5. The van der Waals surface area contributed by atoms with Gasteiger partial charge in [0.1, 0.15) is 6.61 Å². The number of hydrogen-bond donors (Lipinski definition) is 1. The highest BCUT2D eigenvalue weighted by Crippen LogP contribution is 2.36. The second-order valence-electron chi connectivity index (χ2n) is 14.2. The second-order valence-corrected chi connectivity index (χ2v) is 18.5. The van der Waals surface area contributed by atoms with Crippen molar-refractivity contribution < 1.29 is 23.8 Å². The van der Waals surface area contributed by atoms with Crippen molar-refractivity contribution in [2.45, 2.75) is 123 Å². The van der Waals surface area contributed by atoms with Gasteiger partial charge in [-0.3, -0.25) is 4.79 Å². The molecule has 3 rings (SSSR count). The highest BCUT2D eigenvalue weighted by molar-refractivity contribution is 6.99. The third-order valence-corrected chi connectivity index (χ3v) is 14.1. The number of aliphatic hydroxyl groups is 1. The Morgan fingerprint density at radius 1 is 0.723 bits per heavy atom. The molecule has 5 nitrogen and oxygen atoms in total. The Hall–Kier alpha value is -2.77. The topological polar surface area (TPSA) is 65.0 Å². The monoisotopic (exact) mass is 660 g/mol. The Morgan fingerprint density at radius 3 is 1.72 bits per heavy atom. The standard InChI is InChI=1S/C41H60O5Si/c1-33-28-34(2)39(35(3)29-33)32-45-40(43)26-20-12-10-8-7-9-11-13-21-27-44-30-36(42)31-46-47(41(4,5)6,37-22-16-14-17-23-37)38-24-18-15-19-25-38/h14-19,22-25,28-29,36,42H,7-13,20-21,26-27,30-32H2,1-6H3/t36-/m0/s1. The van der Waals surface area contributed by atoms with Crippen molar-refractivity contribution in [1.29, 1.82) is 0 Å². The van der Waals surface area contributed by atoms with E-state index in [2.05, 4.69) is 102 Å². The Balaban J connectivity index is 1.23. The summed E-state index contributed by atoms with van der Waals surface area (Å²) in [5, 5.41) is 13.1. The summed E-state index contributed by atoms with van der Waals surface area (Å²) in [6, 6.07) is 25.3. The normalized spacial score (nSPS) is 12.7. The van der Waals surface area contributed by atoms with Crippen molar-refractivity contribution in [3.8, 4) is 0 Å². The number of rotatable bonds is 21. The van der Waals surface area contributed by atoms with Gasteiger partial charge >= 0.3 is 5.97 Å². The molecule has 6 heteroatoms. The summed E-state index contributed by atoms with van der Waals surface area (Å²) in [6.45, 7) is 14.6. The zero-order valence-electron chi connectivity index (χ0n) is 30.0. The minimum atomic E-state index is -2.66. The molecule has 3 aromatic rings. The molecule has 258 valence electrons. The molecule has 1 N–H and O–H groups in total. The number of aliphatic hydroxyl groups excluding tert-OH is 1. The number of aryl methyl sites for hydroxylation is 3. The van der Waals surface area contributed by atoms with E-state index in [9.17, 15) is 9.90 Å². The van der Waals surface area contributed by atoms with Crippen molar-refractivity contribution in [3.05, 3.63) is 95.1 Å². The molecule has 0 bridgehead atoms. The lowest BCUT2D eigenvalue weighted by molar-refractivity contribution is -0.145. The molecule has 0 amide bonds. The Bertz CT molecular complexity index is 1260. The van der Waals surface area contributed by atoms with Crippen molar-refractivity contribution in [2.75, 3.05) is 19.8 Å². The van der Waals surface area contributed by atoms with E-state index in [-0.39, 0.29) is 24.2 Å². The van der Waals surface area contributed by atoms with E-state index in [4.69, 9.17) is 13.9 Å². The van der Waals surface area contributed by atoms with Crippen LogP contribution in [0.1, 0.15) is 107 Å². The fraction of sp³-hybridized carbons (Fsp3) is 0.537. The first-order chi connectivity index (χ1) is 22.5. The highest BCUT2D eigenvalue weighted by Gasteiger charge is 2.50. The van der Waals surface area contributed by atoms with Crippen LogP contribution in [0.3, 0.4) is 0 Å². The Kier molecular flexibility index (Phi) is 16.4. The van der Waals surface area contributed by atoms with Gasteiger partial charge in [-0.25, -0.2) is 0 Å². The number of carbonyl (C=O) groups is 1. The summed E-state index contributed by atoms with van der Waals surface area (Å²) in [5.41, 5.74) is 4.75. The minimum absolute atomic E-state index is 0.0918. The third kappa shape index (κ3) is 12.3. The molecule has 0 heterocycles. The average Bonchev–Trinajstić information content (AvgIpc) is 3.03. The number of esters is 1. The lowest BCUT2D eigenvalue weighted by atomic mass is 10.0. The van der Waals surface area contributed by atoms with Gasteiger partial charge in [-0.2, -0.15) is 0 Å². The molecule has 0 aliphatic carbocycles. The summed E-state index contributed by atoms with van der Waals surface area (Å²) < 4.78 is 18.2. The molecule has 0 saturated heterocycles. The SMILES string of the molecule is Cc1cc(C)c(COC(=O)CCCCCCCCCCCOC[C@H](O)CO[Si](c2ccccc2)(c2ccccc2)C(C)(C)C)c(C)c1. The number of unbranched alkanes of at least 4 members (excludes halogenated alkanes) is 8. The van der Waals surface area contributed by atoms with Crippen LogP contribution >= 0.6 is 0 Å².